The van der Waals surface area contributed by atoms with Gasteiger partial charge in [-0.25, -0.2) is 8.78 Å². The first-order chi connectivity index (χ1) is 11.8. The topological polar surface area (TPSA) is 71.3 Å². The first kappa shape index (κ1) is 19.4. The number of Topliss-reactive ketones (excluding diaryl/α,β-unsaturated/α-hetero) is 1. The summed E-state index contributed by atoms with van der Waals surface area (Å²) in [5, 5.41) is 0.702. The number of nitrogens with one attached hydrogen (secondary N) is 1. The molecule has 0 spiro atoms. The summed E-state index contributed by atoms with van der Waals surface area (Å²) < 4.78 is 30.3. The Morgan fingerprint density at radius 3 is 2.72 bits per heavy atom. The molecule has 0 bridgehead atoms. The number of alkyl halides is 2. The van der Waals surface area contributed by atoms with E-state index in [0.717, 1.165) is 0 Å². The Hall–Kier alpha value is -1.93. The molecule has 0 atom stereocenters. The summed E-state index contributed by atoms with van der Waals surface area (Å²) in [6, 6.07) is 5.00. The third-order valence-corrected chi connectivity index (χ3v) is 4.02. The molecule has 0 unspecified atom stereocenters. The zero-order valence-electron chi connectivity index (χ0n) is 14.0. The van der Waals surface area contributed by atoms with Gasteiger partial charge in [-0.1, -0.05) is 0 Å². The van der Waals surface area contributed by atoms with Gasteiger partial charge in [-0.15, -0.1) is 0 Å². The van der Waals surface area contributed by atoms with E-state index in [0.29, 0.717) is 45.4 Å². The molecule has 2 rings (SSSR count). The number of benzene rings is 1. The van der Waals surface area contributed by atoms with E-state index in [1.54, 1.807) is 29.3 Å². The number of aromatic amines is 1. The van der Waals surface area contributed by atoms with Gasteiger partial charge in [0, 0.05) is 36.8 Å². The van der Waals surface area contributed by atoms with E-state index in [2.05, 4.69) is 20.9 Å². The van der Waals surface area contributed by atoms with Crippen LogP contribution >= 0.6 is 15.9 Å². The summed E-state index contributed by atoms with van der Waals surface area (Å²) in [6.07, 6.45) is -0.354. The van der Waals surface area contributed by atoms with Gasteiger partial charge in [0.25, 0.3) is 6.43 Å². The van der Waals surface area contributed by atoms with Crippen LogP contribution < -0.4 is 10.5 Å². The van der Waals surface area contributed by atoms with Gasteiger partial charge >= 0.3 is 0 Å². The van der Waals surface area contributed by atoms with Gasteiger partial charge in [-0.2, -0.15) is 0 Å². The Morgan fingerprint density at radius 1 is 1.40 bits per heavy atom. The van der Waals surface area contributed by atoms with Crippen molar-refractivity contribution >= 4 is 32.6 Å². The summed E-state index contributed by atoms with van der Waals surface area (Å²) in [6.45, 7) is -0.324. The zero-order valence-corrected chi connectivity index (χ0v) is 15.6. The van der Waals surface area contributed by atoms with Gasteiger partial charge in [-0.3, -0.25) is 4.79 Å². The van der Waals surface area contributed by atoms with Crippen LogP contribution in [0.15, 0.2) is 34.4 Å². The van der Waals surface area contributed by atoms with Gasteiger partial charge in [0.1, 0.15) is 12.4 Å². The summed E-state index contributed by atoms with van der Waals surface area (Å²) in [5.41, 5.74) is 7.29. The number of carbonyl (C=O) groups is 1. The molecule has 0 fully saturated rings. The second-order valence-corrected chi connectivity index (χ2v) is 6.60. The van der Waals surface area contributed by atoms with E-state index in [9.17, 15) is 13.6 Å². The van der Waals surface area contributed by atoms with Crippen LogP contribution in [-0.4, -0.2) is 49.3 Å². The molecule has 0 saturated carbocycles. The van der Waals surface area contributed by atoms with Crippen molar-refractivity contribution in [2.75, 3.05) is 27.2 Å². The van der Waals surface area contributed by atoms with Crippen LogP contribution in [0.2, 0.25) is 0 Å². The molecule has 25 heavy (non-hydrogen) atoms. The SMILES string of the molecule is CN(C)/C=C(\CCN)C(=O)c1cc2cc(OCC(F)F)c(Br)cc2[nH]1. The number of halogens is 3. The molecule has 5 nitrogen and oxygen atoms in total. The predicted octanol–water partition coefficient (Wildman–Crippen LogP) is 3.55. The van der Waals surface area contributed by atoms with E-state index < -0.39 is 13.0 Å². The second-order valence-electron chi connectivity index (χ2n) is 5.74. The molecule has 1 aromatic heterocycles. The fourth-order valence-electron chi connectivity index (χ4n) is 2.40. The fourth-order valence-corrected chi connectivity index (χ4v) is 2.85. The number of ketones is 1. The van der Waals surface area contributed by atoms with Crippen molar-refractivity contribution in [1.82, 2.24) is 9.88 Å². The maximum Gasteiger partial charge on any atom is 0.272 e. The molecule has 0 radical (unpaired) electrons. The number of carbonyl (C=O) groups excluding carboxylic acids is 1. The van der Waals surface area contributed by atoms with Crippen molar-refractivity contribution in [3.63, 3.8) is 0 Å². The molecular weight excluding hydrogens is 396 g/mol. The number of rotatable bonds is 8. The Bertz CT molecular complexity index is 788. The summed E-state index contributed by atoms with van der Waals surface area (Å²) in [7, 11) is 3.66. The van der Waals surface area contributed by atoms with E-state index >= 15 is 0 Å². The number of ether oxygens (including phenoxy) is 1. The van der Waals surface area contributed by atoms with Crippen molar-refractivity contribution in [3.05, 3.63) is 40.1 Å². The highest BCUT2D eigenvalue weighted by Gasteiger charge is 2.16. The van der Waals surface area contributed by atoms with Crippen molar-refractivity contribution in [2.45, 2.75) is 12.8 Å². The number of nitrogens with two attached hydrogens (primary N) is 1. The van der Waals surface area contributed by atoms with Crippen LogP contribution in [-0.2, 0) is 0 Å². The lowest BCUT2D eigenvalue weighted by Gasteiger charge is -2.09. The highest BCUT2D eigenvalue weighted by atomic mass is 79.9. The summed E-state index contributed by atoms with van der Waals surface area (Å²) in [5.74, 6) is 0.151. The molecule has 3 N–H and O–H groups in total. The summed E-state index contributed by atoms with van der Waals surface area (Å²) >= 11 is 3.29. The maximum atomic E-state index is 12.7. The van der Waals surface area contributed by atoms with Crippen molar-refractivity contribution < 1.29 is 18.3 Å². The monoisotopic (exact) mass is 415 g/mol. The van der Waals surface area contributed by atoms with Gasteiger partial charge in [-0.05, 0) is 47.1 Å². The number of hydrogen-bond acceptors (Lipinski definition) is 4. The fraction of sp³-hybridized carbons (Fsp3) is 0.353. The van der Waals surface area contributed by atoms with Gasteiger partial charge in [0.05, 0.1) is 10.2 Å². The number of fused-ring (bicyclic) bond motifs is 1. The van der Waals surface area contributed by atoms with E-state index in [4.69, 9.17) is 10.5 Å². The highest BCUT2D eigenvalue weighted by Crippen LogP contribution is 2.31. The predicted molar refractivity (Wildman–Crippen MR) is 97.3 cm³/mol. The molecule has 0 amide bonds. The van der Waals surface area contributed by atoms with Crippen LogP contribution in [0.4, 0.5) is 8.78 Å². The Balaban J connectivity index is 2.35. The summed E-state index contributed by atoms with van der Waals surface area (Å²) in [4.78, 5) is 17.5. The molecule has 136 valence electrons. The molecule has 0 aliphatic carbocycles. The van der Waals surface area contributed by atoms with E-state index in [1.165, 1.54) is 0 Å². The Morgan fingerprint density at radius 2 is 2.12 bits per heavy atom. The second kappa shape index (κ2) is 8.44. The number of nitrogens with zero attached hydrogens (tertiary/aromatic N) is 1. The molecular formula is C17H20BrF2N3O2. The van der Waals surface area contributed by atoms with Crippen molar-refractivity contribution in [1.29, 1.82) is 0 Å². The minimum atomic E-state index is -2.55. The van der Waals surface area contributed by atoms with Gasteiger partial charge < -0.3 is 20.4 Å². The van der Waals surface area contributed by atoms with Crippen LogP contribution in [0.25, 0.3) is 10.9 Å². The Kier molecular flexibility index (Phi) is 6.55. The Labute approximate surface area is 152 Å². The highest BCUT2D eigenvalue weighted by molar-refractivity contribution is 9.10. The van der Waals surface area contributed by atoms with Crippen LogP contribution in [0.5, 0.6) is 5.75 Å². The van der Waals surface area contributed by atoms with Crippen LogP contribution in [0.3, 0.4) is 0 Å². The molecule has 0 saturated heterocycles. The van der Waals surface area contributed by atoms with Crippen LogP contribution in [0.1, 0.15) is 16.9 Å². The first-order valence-electron chi connectivity index (χ1n) is 7.67. The third kappa shape index (κ3) is 5.02. The quantitative estimate of drug-likeness (QED) is 0.510. The lowest BCUT2D eigenvalue weighted by Crippen LogP contribution is -2.13. The molecule has 0 aliphatic rings. The molecule has 2 aromatic rings. The number of hydrogen-bond donors (Lipinski definition) is 2. The maximum absolute atomic E-state index is 12.7. The van der Waals surface area contributed by atoms with Crippen LogP contribution in [0, 0.1) is 0 Å². The molecule has 1 heterocycles. The lowest BCUT2D eigenvalue weighted by atomic mass is 10.1. The average Bonchev–Trinajstić information content (AvgIpc) is 2.93. The van der Waals surface area contributed by atoms with E-state index in [1.807, 2.05) is 14.1 Å². The smallest absolute Gasteiger partial charge is 0.272 e. The normalized spacial score (nSPS) is 12.0. The largest absolute Gasteiger partial charge is 0.486 e. The van der Waals surface area contributed by atoms with Gasteiger partial charge in [0.15, 0.2) is 0 Å². The van der Waals surface area contributed by atoms with E-state index in [-0.39, 0.29) is 5.78 Å². The van der Waals surface area contributed by atoms with Crippen molar-refractivity contribution in [2.24, 2.45) is 5.73 Å². The zero-order chi connectivity index (χ0) is 18.6. The lowest BCUT2D eigenvalue weighted by molar-refractivity contribution is 0.0816. The molecule has 1 aromatic carbocycles. The number of aromatic nitrogens is 1. The van der Waals surface area contributed by atoms with Gasteiger partial charge in [0.2, 0.25) is 5.78 Å². The number of H-pyrrole nitrogens is 1. The minimum absolute atomic E-state index is 0.151. The minimum Gasteiger partial charge on any atom is -0.486 e. The molecule has 8 heteroatoms. The van der Waals surface area contributed by atoms with Crippen molar-refractivity contribution in [3.8, 4) is 5.75 Å². The molecule has 0 aliphatic heterocycles. The third-order valence-electron chi connectivity index (χ3n) is 3.40. The first-order valence-corrected chi connectivity index (χ1v) is 8.46. The average molecular weight is 416 g/mol. The standard InChI is InChI=1S/C17H20BrF2N3O2/c1-23(2)8-10(3-4-21)17(24)14-5-11-6-15(25-9-16(19)20)12(18)7-13(11)22-14/h5-8,16,22H,3-4,9,21H2,1-2H3/b10-8+.